The highest BCUT2D eigenvalue weighted by molar-refractivity contribution is 6.31. The highest BCUT2D eigenvalue weighted by Gasteiger charge is 2.38. The molecule has 1 aromatic carbocycles. The number of halogens is 2. The Kier molecular flexibility index (Phi) is 4.87. The lowest BCUT2D eigenvalue weighted by Gasteiger charge is -2.31. The van der Waals surface area contributed by atoms with E-state index in [4.69, 9.17) is 16.3 Å². The third kappa shape index (κ3) is 3.12. The number of pyridine rings is 1. The summed E-state index contributed by atoms with van der Waals surface area (Å²) in [4.78, 5) is 16.2. The van der Waals surface area contributed by atoms with Crippen LogP contribution in [0.15, 0.2) is 41.7 Å². The maximum Gasteiger partial charge on any atom is 0.334 e. The number of ether oxygens (including phenoxy) is 1. The van der Waals surface area contributed by atoms with Gasteiger partial charge in [0.1, 0.15) is 5.82 Å². The summed E-state index contributed by atoms with van der Waals surface area (Å²) < 4.78 is 20.5. The molecule has 0 spiro atoms. The zero-order valence-corrected chi connectivity index (χ0v) is 15.3. The number of nitrogens with one attached hydrogen (secondary N) is 1. The lowest BCUT2D eigenvalue weighted by molar-refractivity contribution is -0.133. The van der Waals surface area contributed by atoms with Crippen LogP contribution in [0.5, 0.6) is 5.88 Å². The molecule has 0 radical (unpaired) electrons. The summed E-state index contributed by atoms with van der Waals surface area (Å²) in [5.41, 5.74) is 1.58. The fraction of sp³-hybridized carbons (Fsp3) is 0.263. The molecule has 1 aliphatic rings. The molecule has 1 aromatic heterocycles. The van der Waals surface area contributed by atoms with Gasteiger partial charge in [0.05, 0.1) is 23.2 Å². The molecule has 26 heavy (non-hydrogen) atoms. The molecule has 136 valence electrons. The fourth-order valence-corrected chi connectivity index (χ4v) is 3.42. The summed E-state index contributed by atoms with van der Waals surface area (Å²) in [6.45, 7) is 5.31. The number of hydrogen-bond donors (Lipinski definition) is 2. The number of benzene rings is 1. The Morgan fingerprint density at radius 1 is 1.35 bits per heavy atom. The van der Waals surface area contributed by atoms with Crippen LogP contribution in [0.2, 0.25) is 5.02 Å². The highest BCUT2D eigenvalue weighted by atomic mass is 35.5. The summed E-state index contributed by atoms with van der Waals surface area (Å²) in [5, 5.41) is 13.0. The molecular formula is C19H18ClFN2O3. The third-order valence-electron chi connectivity index (χ3n) is 4.12. The number of hydrogen-bond acceptors (Lipinski definition) is 4. The second-order valence-corrected chi connectivity index (χ2v) is 6.69. The summed E-state index contributed by atoms with van der Waals surface area (Å²) in [7, 11) is 0. The van der Waals surface area contributed by atoms with Gasteiger partial charge >= 0.3 is 5.97 Å². The third-order valence-corrected chi connectivity index (χ3v) is 4.45. The van der Waals surface area contributed by atoms with Crippen molar-refractivity contribution in [1.82, 2.24) is 4.98 Å². The smallest absolute Gasteiger partial charge is 0.334 e. The van der Waals surface area contributed by atoms with E-state index >= 15 is 0 Å². The molecule has 7 heteroatoms. The molecule has 0 amide bonds. The van der Waals surface area contributed by atoms with E-state index in [0.717, 1.165) is 0 Å². The van der Waals surface area contributed by atoms with Crippen molar-refractivity contribution in [2.75, 3.05) is 5.32 Å². The van der Waals surface area contributed by atoms with E-state index in [1.165, 1.54) is 18.2 Å². The average molecular weight is 377 g/mol. The lowest BCUT2D eigenvalue weighted by Crippen LogP contribution is -2.25. The van der Waals surface area contributed by atoms with Gasteiger partial charge in [-0.25, -0.2) is 14.2 Å². The van der Waals surface area contributed by atoms with Crippen LogP contribution in [-0.2, 0) is 4.79 Å². The van der Waals surface area contributed by atoms with E-state index < -0.39 is 17.7 Å². The van der Waals surface area contributed by atoms with Gasteiger partial charge < -0.3 is 15.2 Å². The first kappa shape index (κ1) is 18.2. The molecule has 2 N–H and O–H groups in total. The average Bonchev–Trinajstić information content (AvgIpc) is 2.53. The summed E-state index contributed by atoms with van der Waals surface area (Å²) in [5.74, 6) is -2.44. The topological polar surface area (TPSA) is 71.5 Å². The number of rotatable bonds is 4. The number of carboxylic acid groups (broad SMARTS) is 1. The second-order valence-electron chi connectivity index (χ2n) is 6.28. The number of anilines is 1. The van der Waals surface area contributed by atoms with E-state index in [0.29, 0.717) is 16.9 Å². The van der Waals surface area contributed by atoms with Gasteiger partial charge in [0.15, 0.2) is 0 Å². The molecule has 1 aliphatic heterocycles. The Bertz CT molecular complexity index is 891. The first-order valence-corrected chi connectivity index (χ1v) is 8.49. The maximum atomic E-state index is 14.7. The lowest BCUT2D eigenvalue weighted by atomic mass is 9.81. The molecule has 1 atom stereocenters. The van der Waals surface area contributed by atoms with Crippen molar-refractivity contribution in [3.63, 3.8) is 0 Å². The van der Waals surface area contributed by atoms with Crippen molar-refractivity contribution in [2.24, 2.45) is 0 Å². The van der Waals surface area contributed by atoms with E-state index in [1.54, 1.807) is 19.2 Å². The number of fused-ring (bicyclic) bond motifs is 1. The molecule has 0 aliphatic carbocycles. The van der Waals surface area contributed by atoms with E-state index in [9.17, 15) is 14.3 Å². The summed E-state index contributed by atoms with van der Waals surface area (Å²) >= 11 is 6.27. The molecule has 1 unspecified atom stereocenters. The Morgan fingerprint density at radius 3 is 2.69 bits per heavy atom. The van der Waals surface area contributed by atoms with Crippen LogP contribution >= 0.6 is 11.6 Å². The molecule has 2 aromatic rings. The predicted molar refractivity (Wildman–Crippen MR) is 97.2 cm³/mol. The number of nitrogens with zero attached hydrogens (tertiary/aromatic N) is 1. The first-order valence-electron chi connectivity index (χ1n) is 8.11. The van der Waals surface area contributed by atoms with Gasteiger partial charge in [-0.3, -0.25) is 0 Å². The van der Waals surface area contributed by atoms with Crippen molar-refractivity contribution in [3.05, 3.63) is 63.7 Å². The van der Waals surface area contributed by atoms with Crippen LogP contribution < -0.4 is 10.1 Å². The molecule has 3 rings (SSSR count). The van der Waals surface area contributed by atoms with Crippen LogP contribution in [0.3, 0.4) is 0 Å². The van der Waals surface area contributed by atoms with Crippen molar-refractivity contribution < 1.29 is 19.0 Å². The van der Waals surface area contributed by atoms with Crippen LogP contribution in [0, 0.1) is 5.82 Å². The molecule has 5 nitrogen and oxygen atoms in total. The maximum absolute atomic E-state index is 14.7. The van der Waals surface area contributed by atoms with Gasteiger partial charge in [0, 0.05) is 28.2 Å². The largest absolute Gasteiger partial charge is 0.478 e. The van der Waals surface area contributed by atoms with Gasteiger partial charge in [0.2, 0.25) is 5.88 Å². The van der Waals surface area contributed by atoms with E-state index in [1.807, 2.05) is 13.8 Å². The van der Waals surface area contributed by atoms with Gasteiger partial charge in [-0.05, 0) is 39.0 Å². The molecule has 0 bridgehead atoms. The van der Waals surface area contributed by atoms with Gasteiger partial charge in [-0.15, -0.1) is 0 Å². The Labute approximate surface area is 155 Å². The minimum atomic E-state index is -1.16. The van der Waals surface area contributed by atoms with Crippen molar-refractivity contribution >= 4 is 23.3 Å². The van der Waals surface area contributed by atoms with Crippen molar-refractivity contribution in [3.8, 4) is 5.88 Å². The number of carbonyl (C=O) groups is 1. The fourth-order valence-electron chi connectivity index (χ4n) is 3.15. The van der Waals surface area contributed by atoms with E-state index in [2.05, 4.69) is 10.3 Å². The zero-order valence-electron chi connectivity index (χ0n) is 14.5. The molecule has 0 fully saturated rings. The molecule has 0 saturated heterocycles. The predicted octanol–water partition coefficient (Wildman–Crippen LogP) is 4.58. The normalized spacial score (nSPS) is 16.3. The number of allylic oxidation sites excluding steroid dienone is 1. The number of aromatic nitrogens is 1. The SMILES string of the molecule is CC1=C(C(=O)O)C(c2c(F)cccc2Cl)c2c(ccnc2OC(C)C)N1. The van der Waals surface area contributed by atoms with Gasteiger partial charge in [-0.1, -0.05) is 17.7 Å². The standard InChI is InChI=1S/C19H18ClFN2O3/c1-9(2)26-18-16-13(7-8-22-18)23-10(3)14(19(24)25)17(16)15-11(20)5-4-6-12(15)21/h4-9,17,23H,1-3H3,(H,24,25). The number of aliphatic carboxylic acids is 1. The van der Waals surface area contributed by atoms with Crippen molar-refractivity contribution in [1.29, 1.82) is 0 Å². The number of carboxylic acids is 1. The Morgan fingerprint density at radius 2 is 2.08 bits per heavy atom. The van der Waals surface area contributed by atoms with Gasteiger partial charge in [-0.2, -0.15) is 0 Å². The first-order chi connectivity index (χ1) is 12.3. The molecule has 2 heterocycles. The zero-order chi connectivity index (χ0) is 19.0. The highest BCUT2D eigenvalue weighted by Crippen LogP contribution is 2.47. The Balaban J connectivity index is 2.34. The minimum Gasteiger partial charge on any atom is -0.478 e. The molecule has 0 saturated carbocycles. The monoisotopic (exact) mass is 376 g/mol. The van der Waals surface area contributed by atoms with E-state index in [-0.39, 0.29) is 28.1 Å². The molecular weight excluding hydrogens is 359 g/mol. The van der Waals surface area contributed by atoms with Crippen LogP contribution in [0.1, 0.15) is 37.8 Å². The summed E-state index contributed by atoms with van der Waals surface area (Å²) in [6.07, 6.45) is 1.37. The van der Waals surface area contributed by atoms with Gasteiger partial charge in [0.25, 0.3) is 0 Å². The Hall–Kier alpha value is -2.60. The van der Waals surface area contributed by atoms with Crippen LogP contribution in [0.25, 0.3) is 0 Å². The van der Waals surface area contributed by atoms with Crippen LogP contribution in [0.4, 0.5) is 10.1 Å². The van der Waals surface area contributed by atoms with Crippen LogP contribution in [-0.4, -0.2) is 22.2 Å². The second kappa shape index (κ2) is 6.96. The van der Waals surface area contributed by atoms with Crippen molar-refractivity contribution in [2.45, 2.75) is 32.8 Å². The quantitative estimate of drug-likeness (QED) is 0.817. The summed E-state index contributed by atoms with van der Waals surface area (Å²) in [6, 6.07) is 5.98. The minimum absolute atomic E-state index is 0.00565.